The predicted octanol–water partition coefficient (Wildman–Crippen LogP) is 3.99. The summed E-state index contributed by atoms with van der Waals surface area (Å²) in [5.74, 6) is 1.35. The van der Waals surface area contributed by atoms with Crippen molar-refractivity contribution in [2.45, 2.75) is 6.92 Å². The van der Waals surface area contributed by atoms with Gasteiger partial charge in [-0.3, -0.25) is 4.79 Å². The number of rotatable bonds is 5. The number of ether oxygens (including phenoxy) is 2. The van der Waals surface area contributed by atoms with E-state index < -0.39 is 0 Å². The summed E-state index contributed by atoms with van der Waals surface area (Å²) in [6.07, 6.45) is 1.81. The Balaban J connectivity index is 1.78. The Morgan fingerprint density at radius 3 is 2.64 bits per heavy atom. The highest BCUT2D eigenvalue weighted by molar-refractivity contribution is 8.18. The van der Waals surface area contributed by atoms with E-state index in [-0.39, 0.29) is 5.91 Å². The summed E-state index contributed by atoms with van der Waals surface area (Å²) in [7, 11) is 1.61. The third kappa shape index (κ3) is 4.22. The summed E-state index contributed by atoms with van der Waals surface area (Å²) >= 11 is 1.31. The number of hydrogen-bond acceptors (Lipinski definition) is 5. The number of amides is 1. The lowest BCUT2D eigenvalue weighted by Gasteiger charge is -2.03. The van der Waals surface area contributed by atoms with Crippen LogP contribution in [0.5, 0.6) is 11.5 Å². The van der Waals surface area contributed by atoms with Crippen LogP contribution in [0.3, 0.4) is 0 Å². The highest BCUT2D eigenvalue weighted by Gasteiger charge is 2.24. The third-order valence-corrected chi connectivity index (χ3v) is 4.36. The molecule has 2 aromatic carbocycles. The third-order valence-electron chi connectivity index (χ3n) is 3.45. The first-order valence-electron chi connectivity index (χ1n) is 7.85. The highest BCUT2D eigenvalue weighted by Crippen LogP contribution is 2.30. The molecule has 0 radical (unpaired) electrons. The Kier molecular flexibility index (Phi) is 5.40. The molecule has 0 bridgehead atoms. The first kappa shape index (κ1) is 17.1. The van der Waals surface area contributed by atoms with Gasteiger partial charge in [-0.1, -0.05) is 18.2 Å². The van der Waals surface area contributed by atoms with Gasteiger partial charge in [-0.15, -0.1) is 0 Å². The molecule has 25 heavy (non-hydrogen) atoms. The van der Waals surface area contributed by atoms with Crippen LogP contribution in [0.25, 0.3) is 6.08 Å². The van der Waals surface area contributed by atoms with Crippen molar-refractivity contribution in [2.75, 3.05) is 13.7 Å². The number of methoxy groups -OCH3 is 1. The van der Waals surface area contributed by atoms with Gasteiger partial charge in [-0.25, -0.2) is 4.99 Å². The number of carbonyl (C=O) groups is 1. The van der Waals surface area contributed by atoms with Crippen LogP contribution in [0.1, 0.15) is 12.5 Å². The average Bonchev–Trinajstić information content (AvgIpc) is 2.96. The maximum absolute atomic E-state index is 12.2. The van der Waals surface area contributed by atoms with E-state index in [1.54, 1.807) is 13.2 Å². The largest absolute Gasteiger partial charge is 0.496 e. The first-order valence-corrected chi connectivity index (χ1v) is 8.66. The standard InChI is InChI=1S/C19H18N2O3S/c1-3-24-15-10-8-14(9-11-15)20-19-21-18(22)17(25-19)12-13-6-4-5-7-16(13)23-2/h4-12H,3H2,1-2H3,(H,20,21,22). The number of para-hydroxylation sites is 1. The van der Waals surface area contributed by atoms with Crippen molar-refractivity contribution in [1.82, 2.24) is 5.32 Å². The van der Waals surface area contributed by atoms with Gasteiger partial charge in [-0.2, -0.15) is 0 Å². The summed E-state index contributed by atoms with van der Waals surface area (Å²) < 4.78 is 10.7. The molecule has 0 spiro atoms. The maximum Gasteiger partial charge on any atom is 0.264 e. The predicted molar refractivity (Wildman–Crippen MR) is 101 cm³/mol. The molecule has 0 atom stereocenters. The number of nitrogens with zero attached hydrogens (tertiary/aromatic N) is 1. The molecule has 5 nitrogen and oxygen atoms in total. The van der Waals surface area contributed by atoms with Crippen molar-refractivity contribution in [3.05, 3.63) is 59.0 Å². The number of carbonyl (C=O) groups excluding carboxylic acids is 1. The van der Waals surface area contributed by atoms with Crippen LogP contribution < -0.4 is 14.8 Å². The van der Waals surface area contributed by atoms with E-state index in [4.69, 9.17) is 9.47 Å². The van der Waals surface area contributed by atoms with Crippen molar-refractivity contribution in [2.24, 2.45) is 4.99 Å². The van der Waals surface area contributed by atoms with E-state index >= 15 is 0 Å². The Morgan fingerprint density at radius 2 is 1.92 bits per heavy atom. The fraction of sp³-hybridized carbons (Fsp3) is 0.158. The molecule has 0 saturated carbocycles. The van der Waals surface area contributed by atoms with Gasteiger partial charge in [0.1, 0.15) is 11.5 Å². The van der Waals surface area contributed by atoms with E-state index in [0.717, 1.165) is 22.7 Å². The lowest BCUT2D eigenvalue weighted by molar-refractivity contribution is -0.115. The van der Waals surface area contributed by atoms with E-state index in [2.05, 4.69) is 10.3 Å². The molecule has 1 amide bonds. The monoisotopic (exact) mass is 354 g/mol. The summed E-state index contributed by atoms with van der Waals surface area (Å²) in [6.45, 7) is 2.56. The van der Waals surface area contributed by atoms with Gasteiger partial charge in [-0.05, 0) is 55.1 Å². The lowest BCUT2D eigenvalue weighted by Crippen LogP contribution is -2.19. The fourth-order valence-corrected chi connectivity index (χ4v) is 3.14. The van der Waals surface area contributed by atoms with Crippen LogP contribution in [0, 0.1) is 0 Å². The topological polar surface area (TPSA) is 59.9 Å². The van der Waals surface area contributed by atoms with Crippen molar-refractivity contribution in [1.29, 1.82) is 0 Å². The van der Waals surface area contributed by atoms with Crippen molar-refractivity contribution < 1.29 is 14.3 Å². The molecule has 6 heteroatoms. The maximum atomic E-state index is 12.2. The molecule has 128 valence electrons. The molecule has 0 aromatic heterocycles. The second-order valence-electron chi connectivity index (χ2n) is 5.15. The molecule has 3 rings (SSSR count). The molecule has 1 fully saturated rings. The molecule has 1 heterocycles. The number of thioether (sulfide) groups is 1. The molecular weight excluding hydrogens is 336 g/mol. The van der Waals surface area contributed by atoms with Gasteiger partial charge < -0.3 is 14.8 Å². The van der Waals surface area contributed by atoms with Gasteiger partial charge in [0.25, 0.3) is 5.91 Å². The quantitative estimate of drug-likeness (QED) is 0.825. The zero-order valence-corrected chi connectivity index (χ0v) is 14.8. The minimum atomic E-state index is -0.166. The Hall–Kier alpha value is -2.73. The number of benzene rings is 2. The summed E-state index contributed by atoms with van der Waals surface area (Å²) in [6, 6.07) is 15.0. The minimum absolute atomic E-state index is 0.166. The SMILES string of the molecule is CCOc1ccc(N=C2NC(=O)C(=Cc3ccccc3OC)S2)cc1. The van der Waals surface area contributed by atoms with Crippen molar-refractivity contribution in [3.63, 3.8) is 0 Å². The summed E-state index contributed by atoms with van der Waals surface area (Å²) in [5, 5.41) is 3.33. The average molecular weight is 354 g/mol. The molecule has 0 unspecified atom stereocenters. The lowest BCUT2D eigenvalue weighted by atomic mass is 10.2. The van der Waals surface area contributed by atoms with Crippen LogP contribution in [0.4, 0.5) is 5.69 Å². The van der Waals surface area contributed by atoms with E-state index in [0.29, 0.717) is 16.7 Å². The minimum Gasteiger partial charge on any atom is -0.496 e. The van der Waals surface area contributed by atoms with Crippen LogP contribution in [-0.4, -0.2) is 24.8 Å². The first-order chi connectivity index (χ1) is 12.2. The summed E-state index contributed by atoms with van der Waals surface area (Å²) in [4.78, 5) is 17.2. The second-order valence-corrected chi connectivity index (χ2v) is 6.18. The summed E-state index contributed by atoms with van der Waals surface area (Å²) in [5.41, 5.74) is 1.61. The molecule has 1 saturated heterocycles. The number of amidine groups is 1. The van der Waals surface area contributed by atoms with Crippen molar-refractivity contribution in [3.8, 4) is 11.5 Å². The van der Waals surface area contributed by atoms with Crippen LogP contribution in [0.2, 0.25) is 0 Å². The molecule has 1 N–H and O–H groups in total. The van der Waals surface area contributed by atoms with Gasteiger partial charge in [0.05, 0.1) is 24.3 Å². The van der Waals surface area contributed by atoms with E-state index in [1.165, 1.54) is 11.8 Å². The van der Waals surface area contributed by atoms with Gasteiger partial charge >= 0.3 is 0 Å². The molecular formula is C19H18N2O3S. The van der Waals surface area contributed by atoms with E-state index in [9.17, 15) is 4.79 Å². The normalized spacial score (nSPS) is 17.0. The Morgan fingerprint density at radius 1 is 1.16 bits per heavy atom. The van der Waals surface area contributed by atoms with E-state index in [1.807, 2.05) is 55.5 Å². The van der Waals surface area contributed by atoms with Crippen LogP contribution in [-0.2, 0) is 4.79 Å². The Bertz CT molecular complexity index is 829. The molecule has 1 aliphatic heterocycles. The highest BCUT2D eigenvalue weighted by atomic mass is 32.2. The smallest absolute Gasteiger partial charge is 0.264 e. The van der Waals surface area contributed by atoms with Gasteiger partial charge in [0.15, 0.2) is 5.17 Å². The number of aliphatic imine (C=N–C) groups is 1. The second kappa shape index (κ2) is 7.90. The number of nitrogens with one attached hydrogen (secondary N) is 1. The molecule has 0 aliphatic carbocycles. The molecule has 1 aliphatic rings. The van der Waals surface area contributed by atoms with Gasteiger partial charge in [0, 0.05) is 5.56 Å². The van der Waals surface area contributed by atoms with Crippen LogP contribution >= 0.6 is 11.8 Å². The fourth-order valence-electron chi connectivity index (χ4n) is 2.31. The van der Waals surface area contributed by atoms with Gasteiger partial charge in [0.2, 0.25) is 0 Å². The van der Waals surface area contributed by atoms with Crippen LogP contribution in [0.15, 0.2) is 58.4 Å². The van der Waals surface area contributed by atoms with Crippen molar-refractivity contribution >= 4 is 34.6 Å². The Labute approximate surface area is 150 Å². The zero-order chi connectivity index (χ0) is 17.6. The number of hydrogen-bond donors (Lipinski definition) is 1. The molecule has 2 aromatic rings. The zero-order valence-electron chi connectivity index (χ0n) is 14.0.